The van der Waals surface area contributed by atoms with Gasteiger partial charge in [-0.1, -0.05) is 41.4 Å². The van der Waals surface area contributed by atoms with Crippen LogP contribution in [0.5, 0.6) is 11.5 Å². The number of ether oxygens (including phenoxy) is 2. The predicted molar refractivity (Wildman–Crippen MR) is 140 cm³/mol. The minimum absolute atomic E-state index is 0.0375. The zero-order chi connectivity index (χ0) is 23.9. The third kappa shape index (κ3) is 5.94. The highest BCUT2D eigenvalue weighted by molar-refractivity contribution is 6.42. The largest absolute Gasteiger partial charge is 0.496 e. The summed E-state index contributed by atoms with van der Waals surface area (Å²) in [7, 11) is 1.61. The average molecular weight is 496 g/mol. The molecule has 4 rings (SSSR count). The van der Waals surface area contributed by atoms with Gasteiger partial charge in [0.1, 0.15) is 23.1 Å². The highest BCUT2D eigenvalue weighted by Crippen LogP contribution is 2.33. The fraction of sp³-hybridized carbons (Fsp3) is 0.250. The number of nitrogens with zero attached hydrogens (tertiary/aromatic N) is 1. The second kappa shape index (κ2) is 11.5. The molecule has 0 spiro atoms. The summed E-state index contributed by atoms with van der Waals surface area (Å²) in [5, 5.41) is 0.807. The molecular formula is C28H27Cl2NO3. The first-order chi connectivity index (χ1) is 16.5. The Morgan fingerprint density at radius 3 is 2.47 bits per heavy atom. The summed E-state index contributed by atoms with van der Waals surface area (Å²) in [6.07, 6.45) is 7.15. The van der Waals surface area contributed by atoms with Crippen molar-refractivity contribution in [2.45, 2.75) is 25.9 Å². The van der Waals surface area contributed by atoms with Gasteiger partial charge in [-0.2, -0.15) is 0 Å². The summed E-state index contributed by atoms with van der Waals surface area (Å²) < 4.78 is 11.3. The number of ketones is 1. The molecule has 0 radical (unpaired) electrons. The fourth-order valence-electron chi connectivity index (χ4n) is 4.02. The van der Waals surface area contributed by atoms with E-state index in [1.54, 1.807) is 37.5 Å². The van der Waals surface area contributed by atoms with Crippen LogP contribution in [0.4, 0.5) is 5.69 Å². The standard InChI is InChI=1S/C28H27Cl2NO3/c1-33-26-15-9-20(18-22(26)19-34-27-7-5-6-24(29)28(27)30)8-14-25(32)21-10-12-23(13-11-21)31-16-3-2-4-17-31/h5-15,18H,2-4,16-17,19H2,1H3/b14-8+. The number of benzene rings is 3. The van der Waals surface area contributed by atoms with Crippen LogP contribution >= 0.6 is 23.2 Å². The summed E-state index contributed by atoms with van der Waals surface area (Å²) in [5.41, 5.74) is 3.55. The topological polar surface area (TPSA) is 38.8 Å². The number of hydrogen-bond acceptors (Lipinski definition) is 4. The number of methoxy groups -OCH3 is 1. The molecule has 4 nitrogen and oxygen atoms in total. The second-order valence-corrected chi connectivity index (χ2v) is 8.99. The van der Waals surface area contributed by atoms with Crippen molar-refractivity contribution >= 4 is 40.7 Å². The molecule has 1 saturated heterocycles. The van der Waals surface area contributed by atoms with E-state index >= 15 is 0 Å². The van der Waals surface area contributed by atoms with Crippen LogP contribution in [-0.4, -0.2) is 26.0 Å². The molecule has 0 saturated carbocycles. The molecule has 6 heteroatoms. The van der Waals surface area contributed by atoms with E-state index in [9.17, 15) is 4.79 Å². The van der Waals surface area contributed by atoms with Gasteiger partial charge in [-0.25, -0.2) is 0 Å². The van der Waals surface area contributed by atoms with Gasteiger partial charge < -0.3 is 14.4 Å². The highest BCUT2D eigenvalue weighted by atomic mass is 35.5. The van der Waals surface area contributed by atoms with Gasteiger partial charge >= 0.3 is 0 Å². The van der Waals surface area contributed by atoms with E-state index in [0.717, 1.165) is 24.2 Å². The van der Waals surface area contributed by atoms with Crippen molar-refractivity contribution in [2.75, 3.05) is 25.1 Å². The second-order valence-electron chi connectivity index (χ2n) is 8.20. The van der Waals surface area contributed by atoms with Gasteiger partial charge in [-0.3, -0.25) is 4.79 Å². The van der Waals surface area contributed by atoms with Crippen LogP contribution in [-0.2, 0) is 6.61 Å². The molecule has 1 aliphatic rings. The Kier molecular flexibility index (Phi) is 8.15. The van der Waals surface area contributed by atoms with Crippen molar-refractivity contribution in [1.29, 1.82) is 0 Å². The lowest BCUT2D eigenvalue weighted by Gasteiger charge is -2.28. The first-order valence-electron chi connectivity index (χ1n) is 11.4. The lowest BCUT2D eigenvalue weighted by molar-refractivity contribution is 0.104. The maximum atomic E-state index is 12.7. The summed E-state index contributed by atoms with van der Waals surface area (Å²) in [4.78, 5) is 15.1. The Balaban J connectivity index is 1.44. The highest BCUT2D eigenvalue weighted by Gasteiger charge is 2.12. The van der Waals surface area contributed by atoms with E-state index in [1.165, 1.54) is 24.9 Å². The number of rotatable bonds is 8. The van der Waals surface area contributed by atoms with E-state index in [1.807, 2.05) is 42.5 Å². The van der Waals surface area contributed by atoms with Gasteiger partial charge in [0.15, 0.2) is 5.78 Å². The van der Waals surface area contributed by atoms with Crippen LogP contribution in [0, 0.1) is 0 Å². The summed E-state index contributed by atoms with van der Waals surface area (Å²) in [6.45, 7) is 2.41. The van der Waals surface area contributed by atoms with Crippen LogP contribution in [0.1, 0.15) is 40.7 Å². The predicted octanol–water partition coefficient (Wildman–Crippen LogP) is 7.47. The molecule has 0 aliphatic carbocycles. The van der Waals surface area contributed by atoms with Gasteiger partial charge in [-0.15, -0.1) is 0 Å². The minimum Gasteiger partial charge on any atom is -0.496 e. The Hall–Kier alpha value is -2.95. The summed E-state index contributed by atoms with van der Waals surface area (Å²) in [5.74, 6) is 1.15. The lowest BCUT2D eigenvalue weighted by atomic mass is 10.1. The Bertz CT molecular complexity index is 1170. The number of allylic oxidation sites excluding steroid dienone is 1. The number of carbonyl (C=O) groups excluding carboxylic acids is 1. The van der Waals surface area contributed by atoms with Gasteiger partial charge in [0.25, 0.3) is 0 Å². The molecule has 34 heavy (non-hydrogen) atoms. The van der Waals surface area contributed by atoms with Crippen molar-refractivity contribution in [3.8, 4) is 11.5 Å². The molecule has 0 N–H and O–H groups in total. The SMILES string of the molecule is COc1ccc(/C=C/C(=O)c2ccc(N3CCCCC3)cc2)cc1COc1cccc(Cl)c1Cl. The quantitative estimate of drug-likeness (QED) is 0.240. The van der Waals surface area contributed by atoms with Crippen molar-refractivity contribution < 1.29 is 14.3 Å². The molecule has 1 aliphatic heterocycles. The van der Waals surface area contributed by atoms with Crippen LogP contribution in [0.2, 0.25) is 10.0 Å². The van der Waals surface area contributed by atoms with Crippen LogP contribution < -0.4 is 14.4 Å². The van der Waals surface area contributed by atoms with Crippen molar-refractivity contribution in [2.24, 2.45) is 0 Å². The fourth-order valence-corrected chi connectivity index (χ4v) is 4.37. The monoisotopic (exact) mass is 495 g/mol. The molecular weight excluding hydrogens is 469 g/mol. The van der Waals surface area contributed by atoms with Gasteiger partial charge in [0.2, 0.25) is 0 Å². The van der Waals surface area contributed by atoms with E-state index in [2.05, 4.69) is 4.90 Å². The van der Waals surface area contributed by atoms with E-state index in [0.29, 0.717) is 27.1 Å². The maximum absolute atomic E-state index is 12.7. The van der Waals surface area contributed by atoms with Gasteiger partial charge in [-0.05, 0) is 79.4 Å². The van der Waals surface area contributed by atoms with Crippen LogP contribution in [0.25, 0.3) is 6.08 Å². The van der Waals surface area contributed by atoms with E-state index in [4.69, 9.17) is 32.7 Å². The van der Waals surface area contributed by atoms with Crippen molar-refractivity contribution in [1.82, 2.24) is 0 Å². The molecule has 0 amide bonds. The smallest absolute Gasteiger partial charge is 0.185 e. The van der Waals surface area contributed by atoms with E-state index < -0.39 is 0 Å². The maximum Gasteiger partial charge on any atom is 0.185 e. The number of anilines is 1. The van der Waals surface area contributed by atoms with Crippen molar-refractivity contribution in [3.05, 3.63) is 93.5 Å². The first-order valence-corrected chi connectivity index (χ1v) is 12.1. The third-order valence-electron chi connectivity index (χ3n) is 5.90. The zero-order valence-electron chi connectivity index (χ0n) is 19.1. The number of piperidine rings is 1. The number of halogens is 2. The normalized spacial score (nSPS) is 13.8. The molecule has 3 aromatic carbocycles. The molecule has 1 fully saturated rings. The molecule has 1 heterocycles. The Morgan fingerprint density at radius 1 is 0.971 bits per heavy atom. The van der Waals surface area contributed by atoms with Crippen molar-refractivity contribution in [3.63, 3.8) is 0 Å². The van der Waals surface area contributed by atoms with Crippen LogP contribution in [0.3, 0.4) is 0 Å². The zero-order valence-corrected chi connectivity index (χ0v) is 20.6. The molecule has 0 bridgehead atoms. The van der Waals surface area contributed by atoms with Crippen LogP contribution in [0.15, 0.2) is 66.7 Å². The number of hydrogen-bond donors (Lipinski definition) is 0. The number of carbonyl (C=O) groups is 1. The molecule has 176 valence electrons. The Labute approximate surface area is 210 Å². The van der Waals surface area contributed by atoms with E-state index in [-0.39, 0.29) is 12.4 Å². The third-order valence-corrected chi connectivity index (χ3v) is 6.71. The lowest BCUT2D eigenvalue weighted by Crippen LogP contribution is -2.29. The molecule has 0 unspecified atom stereocenters. The van der Waals surface area contributed by atoms with Gasteiger partial charge in [0.05, 0.1) is 12.1 Å². The first kappa shape index (κ1) is 24.2. The summed E-state index contributed by atoms with van der Waals surface area (Å²) >= 11 is 12.3. The Morgan fingerprint density at radius 2 is 1.74 bits per heavy atom. The van der Waals surface area contributed by atoms with Gasteiger partial charge in [0, 0.05) is 29.9 Å². The minimum atomic E-state index is -0.0375. The average Bonchev–Trinajstić information content (AvgIpc) is 2.88. The molecule has 3 aromatic rings. The molecule has 0 aromatic heterocycles. The summed E-state index contributed by atoms with van der Waals surface area (Å²) in [6, 6.07) is 18.8. The molecule has 0 atom stereocenters.